The topological polar surface area (TPSA) is 92.3 Å². The lowest BCUT2D eigenvalue weighted by Crippen LogP contribution is -2.32. The summed E-state index contributed by atoms with van der Waals surface area (Å²) in [4.78, 5) is 23.2. The highest BCUT2D eigenvalue weighted by Crippen LogP contribution is 2.12. The Labute approximate surface area is 147 Å². The first kappa shape index (κ1) is 18.8. The maximum atomic E-state index is 12.2. The van der Waals surface area contributed by atoms with Crippen molar-refractivity contribution in [3.63, 3.8) is 0 Å². The number of carbonyl (C=O) groups excluding carboxylic acids is 2. The summed E-state index contributed by atoms with van der Waals surface area (Å²) in [7, 11) is -3.75. The van der Waals surface area contributed by atoms with Crippen LogP contribution in [0.25, 0.3) is 0 Å². The molecule has 132 valence electrons. The molecule has 2 aromatic carbocycles. The van der Waals surface area contributed by atoms with Gasteiger partial charge in [-0.25, -0.2) is 13.1 Å². The van der Waals surface area contributed by atoms with Crippen LogP contribution in [0.2, 0.25) is 0 Å². The van der Waals surface area contributed by atoms with Crippen LogP contribution in [0.5, 0.6) is 0 Å². The molecule has 0 spiro atoms. The predicted octanol–water partition coefficient (Wildman–Crippen LogP) is 2.37. The number of amides is 1. The van der Waals surface area contributed by atoms with E-state index in [2.05, 4.69) is 10.0 Å². The number of Topliss-reactive ketones (excluding diaryl/α,β-unsaturated/α-hetero) is 1. The summed E-state index contributed by atoms with van der Waals surface area (Å²) in [6.07, 6.45) is 0.818. The van der Waals surface area contributed by atoms with Crippen LogP contribution in [0.4, 0.5) is 5.69 Å². The Morgan fingerprint density at radius 2 is 1.56 bits per heavy atom. The monoisotopic (exact) mass is 360 g/mol. The van der Waals surface area contributed by atoms with Crippen LogP contribution in [0.1, 0.15) is 29.8 Å². The van der Waals surface area contributed by atoms with Gasteiger partial charge in [-0.15, -0.1) is 0 Å². The number of ketones is 1. The third-order valence-corrected chi connectivity index (χ3v) is 5.06. The molecule has 0 saturated carbocycles. The maximum Gasteiger partial charge on any atom is 0.241 e. The van der Waals surface area contributed by atoms with Gasteiger partial charge >= 0.3 is 0 Å². The van der Waals surface area contributed by atoms with Crippen molar-refractivity contribution >= 4 is 27.4 Å². The summed E-state index contributed by atoms with van der Waals surface area (Å²) in [5.74, 6) is -0.566. The van der Waals surface area contributed by atoms with Crippen molar-refractivity contribution in [1.29, 1.82) is 0 Å². The van der Waals surface area contributed by atoms with E-state index in [1.54, 1.807) is 36.4 Å². The smallest absolute Gasteiger partial charge is 0.241 e. The van der Waals surface area contributed by atoms with Crippen LogP contribution >= 0.6 is 0 Å². The highest BCUT2D eigenvalue weighted by molar-refractivity contribution is 7.89. The van der Waals surface area contributed by atoms with Crippen LogP contribution in [-0.2, 0) is 21.2 Å². The molecule has 2 rings (SSSR count). The van der Waals surface area contributed by atoms with Crippen molar-refractivity contribution in [3.05, 3.63) is 59.7 Å². The fraction of sp³-hybridized carbons (Fsp3) is 0.222. The van der Waals surface area contributed by atoms with E-state index in [4.69, 9.17) is 0 Å². The number of carbonyl (C=O) groups is 2. The lowest BCUT2D eigenvalue weighted by atomic mass is 10.1. The van der Waals surface area contributed by atoms with Crippen molar-refractivity contribution in [2.24, 2.45) is 0 Å². The average Bonchev–Trinajstić information content (AvgIpc) is 2.60. The standard InChI is InChI=1S/C18H20N2O4S/c1-3-14-4-10-17(11-5-14)25(23,24)19-12-18(22)20-16-8-6-15(7-9-16)13(2)21/h4-11,19H,3,12H2,1-2H3,(H,20,22). The van der Waals surface area contributed by atoms with Crippen LogP contribution in [0, 0.1) is 0 Å². The van der Waals surface area contributed by atoms with Gasteiger partial charge in [0.25, 0.3) is 0 Å². The van der Waals surface area contributed by atoms with Crippen molar-refractivity contribution < 1.29 is 18.0 Å². The van der Waals surface area contributed by atoms with Crippen LogP contribution in [-0.4, -0.2) is 26.7 Å². The van der Waals surface area contributed by atoms with Crippen molar-refractivity contribution in [2.75, 3.05) is 11.9 Å². The minimum atomic E-state index is -3.75. The van der Waals surface area contributed by atoms with Crippen molar-refractivity contribution in [3.8, 4) is 0 Å². The third-order valence-electron chi connectivity index (χ3n) is 3.64. The van der Waals surface area contributed by atoms with E-state index in [1.165, 1.54) is 19.1 Å². The van der Waals surface area contributed by atoms with E-state index >= 15 is 0 Å². The zero-order chi connectivity index (χ0) is 18.4. The number of benzene rings is 2. The molecule has 0 aliphatic heterocycles. The molecule has 0 aliphatic carbocycles. The van der Waals surface area contributed by atoms with Crippen molar-refractivity contribution in [2.45, 2.75) is 25.2 Å². The van der Waals surface area contributed by atoms with E-state index in [0.717, 1.165) is 12.0 Å². The number of anilines is 1. The Bertz CT molecular complexity index is 857. The Balaban J connectivity index is 1.94. The second-order valence-corrected chi connectivity index (χ2v) is 7.27. The third kappa shape index (κ3) is 5.23. The molecule has 0 aromatic heterocycles. The van der Waals surface area contributed by atoms with Gasteiger partial charge in [-0.2, -0.15) is 0 Å². The summed E-state index contributed by atoms with van der Waals surface area (Å²) < 4.78 is 26.6. The van der Waals surface area contributed by atoms with E-state index in [-0.39, 0.29) is 17.2 Å². The molecule has 2 N–H and O–H groups in total. The molecule has 0 bridgehead atoms. The number of sulfonamides is 1. The first-order chi connectivity index (χ1) is 11.8. The average molecular weight is 360 g/mol. The Morgan fingerprint density at radius 1 is 0.960 bits per heavy atom. The van der Waals surface area contributed by atoms with Gasteiger partial charge in [0.15, 0.2) is 5.78 Å². The van der Waals surface area contributed by atoms with Crippen molar-refractivity contribution in [1.82, 2.24) is 4.72 Å². The number of rotatable bonds is 7. The fourth-order valence-corrected chi connectivity index (χ4v) is 3.12. The molecule has 0 radical (unpaired) electrons. The number of hydrogen-bond donors (Lipinski definition) is 2. The highest BCUT2D eigenvalue weighted by atomic mass is 32.2. The molecule has 2 aromatic rings. The largest absolute Gasteiger partial charge is 0.325 e. The highest BCUT2D eigenvalue weighted by Gasteiger charge is 2.15. The summed E-state index contributed by atoms with van der Waals surface area (Å²) in [6.45, 7) is 3.05. The Morgan fingerprint density at radius 3 is 2.08 bits per heavy atom. The predicted molar refractivity (Wildman–Crippen MR) is 96.1 cm³/mol. The molecule has 25 heavy (non-hydrogen) atoms. The minimum Gasteiger partial charge on any atom is -0.325 e. The fourth-order valence-electron chi connectivity index (χ4n) is 2.14. The van der Waals surface area contributed by atoms with Gasteiger partial charge in [-0.05, 0) is 55.3 Å². The number of hydrogen-bond acceptors (Lipinski definition) is 4. The Kier molecular flexibility index (Phi) is 6.06. The number of nitrogens with one attached hydrogen (secondary N) is 2. The second-order valence-electron chi connectivity index (χ2n) is 5.50. The molecule has 0 atom stereocenters. The zero-order valence-corrected chi connectivity index (χ0v) is 14.9. The Hall–Kier alpha value is -2.51. The molecule has 0 saturated heterocycles. The quantitative estimate of drug-likeness (QED) is 0.742. The molecule has 0 unspecified atom stereocenters. The van der Waals surface area contributed by atoms with Gasteiger partial charge in [-0.1, -0.05) is 19.1 Å². The molecule has 1 amide bonds. The van der Waals surface area contributed by atoms with Crippen LogP contribution in [0.15, 0.2) is 53.4 Å². The van der Waals surface area contributed by atoms with E-state index in [9.17, 15) is 18.0 Å². The van der Waals surface area contributed by atoms with E-state index < -0.39 is 15.9 Å². The maximum absolute atomic E-state index is 12.2. The molecule has 0 fully saturated rings. The zero-order valence-electron chi connectivity index (χ0n) is 14.1. The first-order valence-electron chi connectivity index (χ1n) is 7.81. The summed E-state index contributed by atoms with van der Waals surface area (Å²) >= 11 is 0. The van der Waals surface area contributed by atoms with E-state index in [1.807, 2.05) is 6.92 Å². The lowest BCUT2D eigenvalue weighted by Gasteiger charge is -2.09. The van der Waals surface area contributed by atoms with Crippen LogP contribution < -0.4 is 10.0 Å². The second kappa shape index (κ2) is 8.04. The molecular formula is C18H20N2O4S. The lowest BCUT2D eigenvalue weighted by molar-refractivity contribution is -0.115. The number of aryl methyl sites for hydroxylation is 1. The molecular weight excluding hydrogens is 340 g/mol. The molecule has 0 heterocycles. The van der Waals surface area contributed by atoms with Gasteiger partial charge in [0, 0.05) is 11.3 Å². The van der Waals surface area contributed by atoms with Crippen LogP contribution in [0.3, 0.4) is 0 Å². The van der Waals surface area contributed by atoms with Gasteiger partial charge in [0.1, 0.15) is 0 Å². The minimum absolute atomic E-state index is 0.0697. The van der Waals surface area contributed by atoms with E-state index in [0.29, 0.717) is 11.3 Å². The summed E-state index contributed by atoms with van der Waals surface area (Å²) in [5.41, 5.74) is 2.06. The summed E-state index contributed by atoms with van der Waals surface area (Å²) in [6, 6.07) is 12.9. The SMILES string of the molecule is CCc1ccc(S(=O)(=O)NCC(=O)Nc2ccc(C(C)=O)cc2)cc1. The van der Waals surface area contributed by atoms with Gasteiger partial charge in [-0.3, -0.25) is 9.59 Å². The first-order valence-corrected chi connectivity index (χ1v) is 9.29. The molecule has 7 heteroatoms. The van der Waals surface area contributed by atoms with Gasteiger partial charge in [0.2, 0.25) is 15.9 Å². The van der Waals surface area contributed by atoms with Gasteiger partial charge < -0.3 is 5.32 Å². The molecule has 6 nitrogen and oxygen atoms in total. The molecule has 0 aliphatic rings. The van der Waals surface area contributed by atoms with Gasteiger partial charge in [0.05, 0.1) is 11.4 Å². The normalized spacial score (nSPS) is 11.1. The summed E-state index contributed by atoms with van der Waals surface area (Å²) in [5, 5.41) is 2.57.